The number of rotatable bonds is 5. The van der Waals surface area contributed by atoms with E-state index in [2.05, 4.69) is 15.9 Å². The molecular weight excluding hydrogens is 326 g/mol. The van der Waals surface area contributed by atoms with E-state index in [-0.39, 0.29) is 17.4 Å². The van der Waals surface area contributed by atoms with Crippen LogP contribution in [0.3, 0.4) is 0 Å². The third-order valence-electron chi connectivity index (χ3n) is 2.16. The van der Waals surface area contributed by atoms with E-state index in [1.807, 2.05) is 0 Å². The van der Waals surface area contributed by atoms with Crippen molar-refractivity contribution in [2.45, 2.75) is 26.4 Å². The van der Waals surface area contributed by atoms with Crippen molar-refractivity contribution in [2.75, 3.05) is 6.61 Å². The van der Waals surface area contributed by atoms with E-state index in [1.165, 1.54) is 6.07 Å². The van der Waals surface area contributed by atoms with Crippen molar-refractivity contribution < 1.29 is 18.7 Å². The fourth-order valence-corrected chi connectivity index (χ4v) is 2.01. The molecule has 0 aliphatic carbocycles. The first-order chi connectivity index (χ1) is 8.49. The minimum absolute atomic E-state index is 0.0154. The lowest BCUT2D eigenvalue weighted by atomic mass is 10.2. The van der Waals surface area contributed by atoms with Gasteiger partial charge in [-0.1, -0.05) is 18.5 Å². The summed E-state index contributed by atoms with van der Waals surface area (Å²) in [6.45, 7) is 3.76. The molecule has 1 atom stereocenters. The standard InChI is InChI=1S/C12H13BrClFO3/c1-3-10(12(16)17-4-2)18-11-6-9(15)8(14)5-7(11)13/h5-6,10H,3-4H2,1-2H3. The Kier molecular flexibility index (Phi) is 5.88. The Hall–Kier alpha value is -0.810. The van der Waals surface area contributed by atoms with Crippen LogP contribution in [0.2, 0.25) is 5.02 Å². The average Bonchev–Trinajstić information content (AvgIpc) is 2.32. The van der Waals surface area contributed by atoms with E-state index in [1.54, 1.807) is 13.8 Å². The molecule has 1 rings (SSSR count). The Balaban J connectivity index is 2.88. The minimum Gasteiger partial charge on any atom is -0.477 e. The first-order valence-electron chi connectivity index (χ1n) is 5.47. The van der Waals surface area contributed by atoms with Gasteiger partial charge in [0.25, 0.3) is 0 Å². The second kappa shape index (κ2) is 6.95. The van der Waals surface area contributed by atoms with Gasteiger partial charge in [-0.05, 0) is 35.3 Å². The Morgan fingerprint density at radius 3 is 2.72 bits per heavy atom. The lowest BCUT2D eigenvalue weighted by Crippen LogP contribution is -2.28. The lowest BCUT2D eigenvalue weighted by Gasteiger charge is -2.17. The molecule has 0 N–H and O–H groups in total. The molecule has 0 bridgehead atoms. The van der Waals surface area contributed by atoms with Crippen molar-refractivity contribution >= 4 is 33.5 Å². The van der Waals surface area contributed by atoms with Crippen molar-refractivity contribution in [1.82, 2.24) is 0 Å². The van der Waals surface area contributed by atoms with Crippen molar-refractivity contribution in [3.8, 4) is 5.75 Å². The zero-order valence-corrected chi connectivity index (χ0v) is 12.3. The van der Waals surface area contributed by atoms with Crippen LogP contribution in [0.5, 0.6) is 5.75 Å². The zero-order valence-electron chi connectivity index (χ0n) is 10.0. The fourth-order valence-electron chi connectivity index (χ4n) is 1.28. The van der Waals surface area contributed by atoms with Gasteiger partial charge in [0.05, 0.1) is 16.1 Å². The molecule has 1 aromatic rings. The average molecular weight is 340 g/mol. The van der Waals surface area contributed by atoms with Crippen molar-refractivity contribution in [3.05, 3.63) is 27.4 Å². The first kappa shape index (κ1) is 15.2. The first-order valence-corrected chi connectivity index (χ1v) is 6.64. The normalized spacial score (nSPS) is 12.1. The number of benzene rings is 1. The highest BCUT2D eigenvalue weighted by Gasteiger charge is 2.21. The number of carbonyl (C=O) groups excluding carboxylic acids is 1. The molecule has 1 unspecified atom stereocenters. The molecule has 0 fully saturated rings. The van der Waals surface area contributed by atoms with Crippen LogP contribution in [0.1, 0.15) is 20.3 Å². The van der Waals surface area contributed by atoms with Crippen molar-refractivity contribution in [3.63, 3.8) is 0 Å². The van der Waals surface area contributed by atoms with Gasteiger partial charge < -0.3 is 9.47 Å². The lowest BCUT2D eigenvalue weighted by molar-refractivity contribution is -0.151. The molecule has 0 spiro atoms. The van der Waals surface area contributed by atoms with Crippen LogP contribution in [0.25, 0.3) is 0 Å². The predicted molar refractivity (Wildman–Crippen MR) is 70.5 cm³/mol. The van der Waals surface area contributed by atoms with E-state index in [4.69, 9.17) is 21.1 Å². The summed E-state index contributed by atoms with van der Waals surface area (Å²) >= 11 is 8.82. The van der Waals surface area contributed by atoms with Gasteiger partial charge in [0.1, 0.15) is 11.6 Å². The molecule has 18 heavy (non-hydrogen) atoms. The number of ether oxygens (including phenoxy) is 2. The summed E-state index contributed by atoms with van der Waals surface area (Å²) < 4.78 is 24.1. The van der Waals surface area contributed by atoms with Crippen LogP contribution in [-0.4, -0.2) is 18.7 Å². The summed E-state index contributed by atoms with van der Waals surface area (Å²) in [5.41, 5.74) is 0. The number of esters is 1. The Bertz CT molecular complexity index is 440. The van der Waals surface area contributed by atoms with Crippen molar-refractivity contribution in [2.24, 2.45) is 0 Å². The van der Waals surface area contributed by atoms with Crippen LogP contribution in [0.4, 0.5) is 4.39 Å². The Morgan fingerprint density at radius 2 is 2.17 bits per heavy atom. The highest BCUT2D eigenvalue weighted by Crippen LogP contribution is 2.31. The topological polar surface area (TPSA) is 35.5 Å². The SMILES string of the molecule is CCOC(=O)C(CC)Oc1cc(F)c(Cl)cc1Br. The second-order valence-electron chi connectivity index (χ2n) is 3.46. The van der Waals surface area contributed by atoms with Gasteiger partial charge in [-0.25, -0.2) is 9.18 Å². The number of halogens is 3. The number of hydrogen-bond acceptors (Lipinski definition) is 3. The van der Waals surface area contributed by atoms with Crippen LogP contribution >= 0.6 is 27.5 Å². The Morgan fingerprint density at radius 1 is 1.50 bits per heavy atom. The van der Waals surface area contributed by atoms with E-state index >= 15 is 0 Å². The third-order valence-corrected chi connectivity index (χ3v) is 3.07. The minimum atomic E-state index is -0.762. The maximum Gasteiger partial charge on any atom is 0.347 e. The predicted octanol–water partition coefficient (Wildman–Crippen LogP) is 3.96. The van der Waals surface area contributed by atoms with Gasteiger partial charge in [0.15, 0.2) is 6.10 Å². The summed E-state index contributed by atoms with van der Waals surface area (Å²) in [5.74, 6) is -0.854. The maximum absolute atomic E-state index is 13.3. The number of carbonyl (C=O) groups is 1. The fraction of sp³-hybridized carbons (Fsp3) is 0.417. The highest BCUT2D eigenvalue weighted by atomic mass is 79.9. The molecule has 0 aliphatic rings. The molecule has 0 aromatic heterocycles. The molecule has 6 heteroatoms. The molecule has 0 saturated heterocycles. The van der Waals surface area contributed by atoms with Crippen LogP contribution in [-0.2, 0) is 9.53 Å². The summed E-state index contributed by atoms with van der Waals surface area (Å²) in [5, 5.41) is -0.0154. The van der Waals surface area contributed by atoms with Gasteiger partial charge in [-0.2, -0.15) is 0 Å². The summed E-state index contributed by atoms with van der Waals surface area (Å²) in [6, 6.07) is 2.51. The molecule has 0 heterocycles. The molecule has 0 radical (unpaired) electrons. The molecule has 100 valence electrons. The van der Waals surface area contributed by atoms with Gasteiger partial charge in [-0.15, -0.1) is 0 Å². The van der Waals surface area contributed by atoms with Crippen LogP contribution in [0.15, 0.2) is 16.6 Å². The zero-order chi connectivity index (χ0) is 13.7. The van der Waals surface area contributed by atoms with Crippen molar-refractivity contribution in [1.29, 1.82) is 0 Å². The highest BCUT2D eigenvalue weighted by molar-refractivity contribution is 9.10. The smallest absolute Gasteiger partial charge is 0.347 e. The van der Waals surface area contributed by atoms with Crippen LogP contribution in [0, 0.1) is 5.82 Å². The van der Waals surface area contributed by atoms with E-state index < -0.39 is 17.9 Å². The molecule has 0 saturated carbocycles. The molecule has 1 aromatic carbocycles. The van der Waals surface area contributed by atoms with Gasteiger partial charge in [0, 0.05) is 6.07 Å². The summed E-state index contributed by atoms with van der Waals surface area (Å²) in [4.78, 5) is 11.6. The molecule has 3 nitrogen and oxygen atoms in total. The van der Waals surface area contributed by atoms with Gasteiger partial charge in [-0.3, -0.25) is 0 Å². The van der Waals surface area contributed by atoms with E-state index in [0.29, 0.717) is 10.9 Å². The maximum atomic E-state index is 13.3. The molecular formula is C12H13BrClFO3. The summed E-state index contributed by atoms with van der Waals surface area (Å²) in [7, 11) is 0. The summed E-state index contributed by atoms with van der Waals surface area (Å²) in [6.07, 6.45) is -0.336. The van der Waals surface area contributed by atoms with E-state index in [9.17, 15) is 9.18 Å². The largest absolute Gasteiger partial charge is 0.477 e. The van der Waals surface area contributed by atoms with Gasteiger partial charge >= 0.3 is 5.97 Å². The van der Waals surface area contributed by atoms with Crippen LogP contribution < -0.4 is 4.74 Å². The Labute approximate surface area is 118 Å². The quantitative estimate of drug-likeness (QED) is 0.601. The van der Waals surface area contributed by atoms with Gasteiger partial charge in [0.2, 0.25) is 0 Å². The molecule has 0 aliphatic heterocycles. The molecule has 0 amide bonds. The monoisotopic (exact) mass is 338 g/mol. The third kappa shape index (κ3) is 3.85. The van der Waals surface area contributed by atoms with E-state index in [0.717, 1.165) is 6.07 Å². The number of hydrogen-bond donors (Lipinski definition) is 0. The second-order valence-corrected chi connectivity index (χ2v) is 4.73.